The SMILES string of the molecule is NC[C@@H]1CC[C@@H](O)[C@@H](O[C@H]2[C@H](O[C@@H]3O[C@H](CO)[C@@H](O[C@H]4O[C@@H](CN)[C@@H](O)[C@H](O)[C@H]4N)[C@H]3O)[C@@H](O)[C@H](N)C[C@@H]2N)O1. The van der Waals surface area contributed by atoms with E-state index < -0.39 is 105 Å². The second-order valence-electron chi connectivity index (χ2n) is 10.9. The fourth-order valence-corrected chi connectivity index (χ4v) is 5.61. The van der Waals surface area contributed by atoms with Crippen molar-refractivity contribution in [3.63, 3.8) is 0 Å². The minimum Gasteiger partial charge on any atom is -0.394 e. The molecule has 3 saturated heterocycles. The highest BCUT2D eigenvalue weighted by atomic mass is 16.8. The van der Waals surface area contributed by atoms with Crippen molar-refractivity contribution in [1.29, 1.82) is 0 Å². The Morgan fingerprint density at radius 1 is 0.625 bits per heavy atom. The molecule has 17 heteroatoms. The molecule has 1 aliphatic carbocycles. The molecule has 16 N–H and O–H groups in total. The van der Waals surface area contributed by atoms with Gasteiger partial charge in [0, 0.05) is 25.2 Å². The topological polar surface area (TPSA) is 307 Å². The summed E-state index contributed by atoms with van der Waals surface area (Å²) in [5.74, 6) is 0. The smallest absolute Gasteiger partial charge is 0.187 e. The van der Waals surface area contributed by atoms with Gasteiger partial charge in [-0.3, -0.25) is 0 Å². The van der Waals surface area contributed by atoms with Crippen molar-refractivity contribution in [2.45, 2.75) is 123 Å². The predicted molar refractivity (Wildman–Crippen MR) is 134 cm³/mol. The summed E-state index contributed by atoms with van der Waals surface area (Å²) in [6, 6.07) is -2.76. The molecule has 0 aromatic heterocycles. The number of hydrogen-bond donors (Lipinski definition) is 11. The lowest BCUT2D eigenvalue weighted by Crippen LogP contribution is -2.65. The zero-order chi connectivity index (χ0) is 29.3. The van der Waals surface area contributed by atoms with Crippen LogP contribution in [0.15, 0.2) is 0 Å². The van der Waals surface area contributed by atoms with E-state index in [1.807, 2.05) is 0 Å². The van der Waals surface area contributed by atoms with E-state index in [1.54, 1.807) is 0 Å². The van der Waals surface area contributed by atoms with Gasteiger partial charge >= 0.3 is 0 Å². The van der Waals surface area contributed by atoms with Gasteiger partial charge in [-0.05, 0) is 19.3 Å². The molecule has 3 heterocycles. The van der Waals surface area contributed by atoms with Crippen LogP contribution in [-0.2, 0) is 28.4 Å². The Labute approximate surface area is 231 Å². The summed E-state index contributed by atoms with van der Waals surface area (Å²) in [6.07, 6.45) is -15.4. The Bertz CT molecular complexity index is 805. The molecule has 40 heavy (non-hydrogen) atoms. The summed E-state index contributed by atoms with van der Waals surface area (Å²) < 4.78 is 34.8. The van der Waals surface area contributed by atoms with Gasteiger partial charge in [-0.25, -0.2) is 0 Å². The van der Waals surface area contributed by atoms with Crippen molar-refractivity contribution >= 4 is 0 Å². The van der Waals surface area contributed by atoms with Crippen molar-refractivity contribution < 1.29 is 59.1 Å². The lowest BCUT2D eigenvalue weighted by atomic mass is 9.84. The number of aliphatic hydroxyl groups is 6. The van der Waals surface area contributed by atoms with E-state index in [0.29, 0.717) is 12.8 Å². The first-order valence-electron chi connectivity index (χ1n) is 13.6. The molecule has 4 rings (SSSR count). The van der Waals surface area contributed by atoms with E-state index in [4.69, 9.17) is 57.1 Å². The summed E-state index contributed by atoms with van der Waals surface area (Å²) in [5.41, 5.74) is 29.7. The normalized spacial score (nSPS) is 52.1. The van der Waals surface area contributed by atoms with Gasteiger partial charge in [0.15, 0.2) is 18.9 Å². The van der Waals surface area contributed by atoms with Gasteiger partial charge in [-0.15, -0.1) is 0 Å². The number of aliphatic hydroxyl groups excluding tert-OH is 6. The number of nitrogens with two attached hydrogens (primary N) is 5. The van der Waals surface area contributed by atoms with E-state index in [2.05, 4.69) is 0 Å². The van der Waals surface area contributed by atoms with Crippen molar-refractivity contribution in [3.05, 3.63) is 0 Å². The molecule has 0 unspecified atom stereocenters. The Hall–Kier alpha value is -0.680. The first kappa shape index (κ1) is 32.2. The molecule has 1 saturated carbocycles. The second kappa shape index (κ2) is 13.7. The average molecular weight is 584 g/mol. The van der Waals surface area contributed by atoms with Crippen LogP contribution in [0.5, 0.6) is 0 Å². The van der Waals surface area contributed by atoms with Crippen LogP contribution in [0.4, 0.5) is 0 Å². The minimum absolute atomic E-state index is 0.142. The van der Waals surface area contributed by atoms with Gasteiger partial charge in [-0.1, -0.05) is 0 Å². The third kappa shape index (κ3) is 6.61. The molecule has 0 amide bonds. The van der Waals surface area contributed by atoms with Gasteiger partial charge in [-0.2, -0.15) is 0 Å². The quantitative estimate of drug-likeness (QED) is 0.120. The standard InChI is InChI=1S/C23H45N5O12/c24-4-7-1-2-10(30)21(35-7)38-18-9(27)3-8(26)14(31)20(18)40-23-17(34)19(12(6-29)37-23)39-22-13(28)16(33)15(32)11(5-25)36-22/h7-23,29-34H,1-6,24-28H2/t7-,8+,9-,10+,11-,12+,13+,14-,15+,16+,17+,18+,19+,20+,21+,22+,23-/m0/s1. The van der Waals surface area contributed by atoms with Crippen molar-refractivity contribution in [2.24, 2.45) is 28.7 Å². The summed E-state index contributed by atoms with van der Waals surface area (Å²) in [7, 11) is 0. The largest absolute Gasteiger partial charge is 0.394 e. The highest BCUT2D eigenvalue weighted by Crippen LogP contribution is 2.34. The third-order valence-corrected chi connectivity index (χ3v) is 8.08. The van der Waals surface area contributed by atoms with Gasteiger partial charge in [0.1, 0.15) is 54.9 Å². The van der Waals surface area contributed by atoms with Crippen LogP contribution < -0.4 is 28.7 Å². The number of ether oxygens (including phenoxy) is 6. The van der Waals surface area contributed by atoms with Gasteiger partial charge in [0.2, 0.25) is 0 Å². The van der Waals surface area contributed by atoms with Crippen LogP contribution >= 0.6 is 0 Å². The Kier molecular flexibility index (Phi) is 11.1. The lowest BCUT2D eigenvalue weighted by molar-refractivity contribution is -0.302. The Morgan fingerprint density at radius 3 is 1.93 bits per heavy atom. The first-order chi connectivity index (χ1) is 19.0. The fourth-order valence-electron chi connectivity index (χ4n) is 5.61. The summed E-state index contributed by atoms with van der Waals surface area (Å²) in [4.78, 5) is 0. The fraction of sp³-hybridized carbons (Fsp3) is 1.00. The zero-order valence-electron chi connectivity index (χ0n) is 22.1. The number of hydrogen-bond acceptors (Lipinski definition) is 17. The van der Waals surface area contributed by atoms with E-state index in [-0.39, 0.29) is 25.6 Å². The molecule has 3 aliphatic heterocycles. The highest BCUT2D eigenvalue weighted by molar-refractivity contribution is 5.01. The van der Waals surface area contributed by atoms with Gasteiger partial charge < -0.3 is 87.7 Å². The van der Waals surface area contributed by atoms with Crippen LogP contribution in [0.1, 0.15) is 19.3 Å². The maximum atomic E-state index is 11.1. The zero-order valence-corrected chi connectivity index (χ0v) is 22.1. The van der Waals surface area contributed by atoms with Crippen molar-refractivity contribution in [2.75, 3.05) is 19.7 Å². The number of rotatable bonds is 9. The summed E-state index contributed by atoms with van der Waals surface area (Å²) in [6.45, 7) is -0.528. The summed E-state index contributed by atoms with van der Waals surface area (Å²) in [5, 5.41) is 62.8. The molecule has 4 aliphatic rings. The van der Waals surface area contributed by atoms with E-state index in [1.165, 1.54) is 0 Å². The second-order valence-corrected chi connectivity index (χ2v) is 10.9. The summed E-state index contributed by atoms with van der Waals surface area (Å²) >= 11 is 0. The molecule has 0 radical (unpaired) electrons. The molecule has 4 fully saturated rings. The minimum atomic E-state index is -1.55. The van der Waals surface area contributed by atoms with Crippen LogP contribution in [-0.4, -0.2) is 154 Å². The average Bonchev–Trinajstić information content (AvgIpc) is 3.23. The van der Waals surface area contributed by atoms with Crippen LogP contribution in [0.3, 0.4) is 0 Å². The van der Waals surface area contributed by atoms with Crippen LogP contribution in [0.25, 0.3) is 0 Å². The Balaban J connectivity index is 1.48. The van der Waals surface area contributed by atoms with Crippen molar-refractivity contribution in [1.82, 2.24) is 0 Å². The van der Waals surface area contributed by atoms with E-state index >= 15 is 0 Å². The molecular formula is C23H45N5O12. The molecule has 0 aromatic rings. The van der Waals surface area contributed by atoms with Gasteiger partial charge in [0.25, 0.3) is 0 Å². The van der Waals surface area contributed by atoms with Crippen molar-refractivity contribution in [3.8, 4) is 0 Å². The third-order valence-electron chi connectivity index (χ3n) is 8.08. The molecule has 0 aromatic carbocycles. The maximum absolute atomic E-state index is 11.1. The Morgan fingerprint density at radius 2 is 1.27 bits per heavy atom. The van der Waals surface area contributed by atoms with E-state index in [0.717, 1.165) is 0 Å². The molecule has 0 bridgehead atoms. The molecule has 234 valence electrons. The molecule has 17 atom stereocenters. The molecule has 17 nitrogen and oxygen atoms in total. The maximum Gasteiger partial charge on any atom is 0.187 e. The van der Waals surface area contributed by atoms with Crippen LogP contribution in [0, 0.1) is 0 Å². The molecular weight excluding hydrogens is 538 g/mol. The molecule has 0 spiro atoms. The van der Waals surface area contributed by atoms with E-state index in [9.17, 15) is 30.6 Å². The highest BCUT2D eigenvalue weighted by Gasteiger charge is 2.53. The monoisotopic (exact) mass is 583 g/mol. The van der Waals surface area contributed by atoms with Gasteiger partial charge in [0.05, 0.1) is 24.9 Å². The van der Waals surface area contributed by atoms with Crippen LogP contribution in [0.2, 0.25) is 0 Å². The first-order valence-corrected chi connectivity index (χ1v) is 13.6. The lowest BCUT2D eigenvalue weighted by Gasteiger charge is -2.45. The predicted octanol–water partition coefficient (Wildman–Crippen LogP) is -6.80.